The second kappa shape index (κ2) is 6.67. The largest absolute Gasteiger partial charge is 0.311 e. The zero-order chi connectivity index (χ0) is 14.6. The topological polar surface area (TPSA) is 76.9 Å². The highest BCUT2D eigenvalue weighted by atomic mass is 32.2. The first-order valence-electron chi connectivity index (χ1n) is 7.31. The van der Waals surface area contributed by atoms with Gasteiger partial charge in [-0.05, 0) is 32.2 Å². The van der Waals surface area contributed by atoms with Crippen molar-refractivity contribution in [1.29, 1.82) is 0 Å². The summed E-state index contributed by atoms with van der Waals surface area (Å²) < 4.78 is 25.2. The molecule has 20 heavy (non-hydrogen) atoms. The van der Waals surface area contributed by atoms with Crippen LogP contribution >= 0.6 is 0 Å². The molecule has 1 aromatic heterocycles. The molecule has 2 atom stereocenters. The minimum absolute atomic E-state index is 0.163. The van der Waals surface area contributed by atoms with Crippen LogP contribution in [0.3, 0.4) is 0 Å². The summed E-state index contributed by atoms with van der Waals surface area (Å²) in [5.74, 6) is 0. The van der Waals surface area contributed by atoms with Gasteiger partial charge in [0.25, 0.3) is 0 Å². The van der Waals surface area contributed by atoms with Crippen LogP contribution in [0.2, 0.25) is 0 Å². The molecule has 0 radical (unpaired) electrons. The molecule has 1 saturated carbocycles. The molecule has 114 valence electrons. The van der Waals surface area contributed by atoms with E-state index in [-0.39, 0.29) is 11.3 Å². The molecule has 1 aromatic rings. The van der Waals surface area contributed by atoms with Crippen LogP contribution in [0.1, 0.15) is 50.8 Å². The number of aromatic nitrogens is 3. The van der Waals surface area contributed by atoms with Gasteiger partial charge in [0.15, 0.2) is 0 Å². The Morgan fingerprint density at radius 1 is 1.45 bits per heavy atom. The minimum atomic E-state index is -2.95. The van der Waals surface area contributed by atoms with Gasteiger partial charge >= 0.3 is 0 Å². The molecule has 1 fully saturated rings. The summed E-state index contributed by atoms with van der Waals surface area (Å²) in [6.07, 6.45) is 7.72. The van der Waals surface area contributed by atoms with Crippen molar-refractivity contribution in [3.8, 4) is 0 Å². The first-order chi connectivity index (χ1) is 9.50. The second-order valence-corrected chi connectivity index (χ2v) is 7.96. The normalized spacial score (nSPS) is 23.9. The highest BCUT2D eigenvalue weighted by molar-refractivity contribution is 7.91. The highest BCUT2D eigenvalue weighted by Crippen LogP contribution is 2.31. The van der Waals surface area contributed by atoms with Gasteiger partial charge in [0, 0.05) is 12.8 Å². The standard InChI is InChI=1S/C13H24N4O2S/c1-3-7-14-9-11-10-17(16-15-11)12-5-4-6-13(8-12)20(2,18)19/h10,12-14H,3-9H2,1-2H3. The second-order valence-electron chi connectivity index (χ2n) is 5.64. The summed E-state index contributed by atoms with van der Waals surface area (Å²) in [4.78, 5) is 0. The van der Waals surface area contributed by atoms with Crippen molar-refractivity contribution < 1.29 is 8.42 Å². The predicted octanol–water partition coefficient (Wildman–Crippen LogP) is 1.31. The molecule has 0 spiro atoms. The summed E-state index contributed by atoms with van der Waals surface area (Å²) in [6.45, 7) is 3.81. The molecular formula is C13H24N4O2S. The van der Waals surface area contributed by atoms with Crippen molar-refractivity contribution in [1.82, 2.24) is 20.3 Å². The Morgan fingerprint density at radius 2 is 2.25 bits per heavy atom. The fourth-order valence-corrected chi connectivity index (χ4v) is 3.88. The van der Waals surface area contributed by atoms with Crippen LogP contribution in [0.4, 0.5) is 0 Å². The third kappa shape index (κ3) is 4.02. The van der Waals surface area contributed by atoms with E-state index in [0.29, 0.717) is 6.42 Å². The van der Waals surface area contributed by atoms with E-state index in [0.717, 1.165) is 44.5 Å². The van der Waals surface area contributed by atoms with E-state index in [1.54, 1.807) is 0 Å². The predicted molar refractivity (Wildman–Crippen MR) is 78.2 cm³/mol. The third-order valence-corrected chi connectivity index (χ3v) is 5.51. The lowest BCUT2D eigenvalue weighted by molar-refractivity contribution is 0.324. The molecule has 2 rings (SSSR count). The Morgan fingerprint density at radius 3 is 2.95 bits per heavy atom. The highest BCUT2D eigenvalue weighted by Gasteiger charge is 2.30. The Hall–Kier alpha value is -0.950. The van der Waals surface area contributed by atoms with Crippen LogP contribution < -0.4 is 5.32 Å². The molecule has 0 aromatic carbocycles. The van der Waals surface area contributed by atoms with Gasteiger partial charge in [-0.3, -0.25) is 0 Å². The van der Waals surface area contributed by atoms with Crippen molar-refractivity contribution in [2.45, 2.75) is 56.9 Å². The molecule has 1 aliphatic rings. The van der Waals surface area contributed by atoms with E-state index < -0.39 is 9.84 Å². The summed E-state index contributed by atoms with van der Waals surface area (Å²) in [6, 6.07) is 0.163. The quantitative estimate of drug-likeness (QED) is 0.802. The number of hydrogen-bond acceptors (Lipinski definition) is 5. The molecule has 1 heterocycles. The zero-order valence-corrected chi connectivity index (χ0v) is 13.1. The molecule has 0 aliphatic heterocycles. The first kappa shape index (κ1) is 15.4. The van der Waals surface area contributed by atoms with E-state index in [2.05, 4.69) is 22.6 Å². The van der Waals surface area contributed by atoms with E-state index in [1.807, 2.05) is 10.9 Å². The Balaban J connectivity index is 1.97. The van der Waals surface area contributed by atoms with Crippen molar-refractivity contribution in [2.75, 3.05) is 12.8 Å². The molecule has 1 aliphatic carbocycles. The lowest BCUT2D eigenvalue weighted by atomic mass is 9.95. The molecular weight excluding hydrogens is 276 g/mol. The Kier molecular flexibility index (Phi) is 5.15. The fourth-order valence-electron chi connectivity index (χ4n) is 2.72. The summed E-state index contributed by atoms with van der Waals surface area (Å²) in [5, 5.41) is 11.4. The van der Waals surface area contributed by atoms with Gasteiger partial charge in [-0.25, -0.2) is 13.1 Å². The lowest BCUT2D eigenvalue weighted by Gasteiger charge is -2.27. The fraction of sp³-hybridized carbons (Fsp3) is 0.846. The van der Waals surface area contributed by atoms with Gasteiger partial charge in [-0.1, -0.05) is 18.6 Å². The zero-order valence-electron chi connectivity index (χ0n) is 12.2. The number of rotatable bonds is 6. The molecule has 0 saturated heterocycles. The van der Waals surface area contributed by atoms with E-state index in [1.165, 1.54) is 6.26 Å². The number of nitrogens with zero attached hydrogens (tertiary/aromatic N) is 3. The van der Waals surface area contributed by atoms with E-state index in [9.17, 15) is 8.42 Å². The summed E-state index contributed by atoms with van der Waals surface area (Å²) >= 11 is 0. The molecule has 6 nitrogen and oxygen atoms in total. The monoisotopic (exact) mass is 300 g/mol. The number of sulfone groups is 1. The maximum atomic E-state index is 11.7. The maximum absolute atomic E-state index is 11.7. The van der Waals surface area contributed by atoms with Gasteiger partial charge in [0.05, 0.1) is 23.2 Å². The van der Waals surface area contributed by atoms with Gasteiger partial charge < -0.3 is 5.32 Å². The first-order valence-corrected chi connectivity index (χ1v) is 9.26. The van der Waals surface area contributed by atoms with Gasteiger partial charge in [0.1, 0.15) is 9.84 Å². The van der Waals surface area contributed by atoms with Crippen molar-refractivity contribution >= 4 is 9.84 Å². The van der Waals surface area contributed by atoms with Crippen LogP contribution in [-0.4, -0.2) is 41.5 Å². The Bertz CT molecular complexity index is 526. The van der Waals surface area contributed by atoms with E-state index >= 15 is 0 Å². The lowest BCUT2D eigenvalue weighted by Crippen LogP contribution is -2.29. The number of nitrogens with one attached hydrogen (secondary N) is 1. The summed E-state index contributed by atoms with van der Waals surface area (Å²) in [7, 11) is -2.95. The average Bonchev–Trinajstić information content (AvgIpc) is 2.87. The number of hydrogen-bond donors (Lipinski definition) is 1. The van der Waals surface area contributed by atoms with Crippen LogP contribution in [0.25, 0.3) is 0 Å². The third-order valence-electron chi connectivity index (χ3n) is 3.87. The van der Waals surface area contributed by atoms with Crippen LogP contribution in [0.5, 0.6) is 0 Å². The summed E-state index contributed by atoms with van der Waals surface area (Å²) in [5.41, 5.74) is 0.917. The van der Waals surface area contributed by atoms with E-state index in [4.69, 9.17) is 0 Å². The Labute approximate surface area is 120 Å². The minimum Gasteiger partial charge on any atom is -0.311 e. The van der Waals surface area contributed by atoms with Crippen LogP contribution in [-0.2, 0) is 16.4 Å². The molecule has 1 N–H and O–H groups in total. The molecule has 0 bridgehead atoms. The molecule has 7 heteroatoms. The van der Waals surface area contributed by atoms with Crippen molar-refractivity contribution in [3.05, 3.63) is 11.9 Å². The van der Waals surface area contributed by atoms with Crippen molar-refractivity contribution in [2.24, 2.45) is 0 Å². The van der Waals surface area contributed by atoms with Gasteiger partial charge in [-0.2, -0.15) is 0 Å². The van der Waals surface area contributed by atoms with Gasteiger partial charge in [-0.15, -0.1) is 5.10 Å². The van der Waals surface area contributed by atoms with Crippen LogP contribution in [0, 0.1) is 0 Å². The smallest absolute Gasteiger partial charge is 0.150 e. The average molecular weight is 300 g/mol. The molecule has 0 amide bonds. The van der Waals surface area contributed by atoms with Gasteiger partial charge in [0.2, 0.25) is 0 Å². The SMILES string of the molecule is CCCNCc1cn(C2CCCC(S(C)(=O)=O)C2)nn1. The maximum Gasteiger partial charge on any atom is 0.150 e. The molecule has 2 unspecified atom stereocenters. The van der Waals surface area contributed by atoms with Crippen LogP contribution in [0.15, 0.2) is 6.20 Å². The van der Waals surface area contributed by atoms with Crippen molar-refractivity contribution in [3.63, 3.8) is 0 Å².